The summed E-state index contributed by atoms with van der Waals surface area (Å²) in [6, 6.07) is 0.616. The number of piperidine rings is 1. The normalized spacial score (nSPS) is 32.5. The lowest BCUT2D eigenvalue weighted by atomic mass is 9.93. The molecule has 1 amide bonds. The number of likely N-dealkylation sites (N-methyl/N-ethyl adjacent to an activating group) is 2. The van der Waals surface area contributed by atoms with Gasteiger partial charge in [-0.05, 0) is 51.2 Å². The fourth-order valence-corrected chi connectivity index (χ4v) is 3.49. The second-order valence-corrected chi connectivity index (χ2v) is 6.28. The van der Waals surface area contributed by atoms with Crippen LogP contribution in [0.4, 0.5) is 0 Å². The zero-order valence-corrected chi connectivity index (χ0v) is 12.7. The third kappa shape index (κ3) is 3.69. The van der Waals surface area contributed by atoms with Crippen LogP contribution in [0.25, 0.3) is 0 Å². The molecule has 2 saturated heterocycles. The Morgan fingerprint density at radius 3 is 2.89 bits per heavy atom. The van der Waals surface area contributed by atoms with Crippen LogP contribution in [-0.2, 0) is 4.79 Å². The van der Waals surface area contributed by atoms with Crippen molar-refractivity contribution in [2.75, 3.05) is 33.2 Å². The third-order valence-corrected chi connectivity index (χ3v) is 4.73. The molecule has 3 unspecified atom stereocenters. The Morgan fingerprint density at radius 2 is 2.21 bits per heavy atom. The Kier molecular flexibility index (Phi) is 5.22. The second kappa shape index (κ2) is 6.71. The van der Waals surface area contributed by atoms with Gasteiger partial charge in [-0.15, -0.1) is 0 Å². The van der Waals surface area contributed by atoms with E-state index in [1.807, 2.05) is 11.9 Å². The van der Waals surface area contributed by atoms with Crippen molar-refractivity contribution in [3.8, 4) is 0 Å². The average molecular weight is 267 g/mol. The summed E-state index contributed by atoms with van der Waals surface area (Å²) in [7, 11) is 1.97. The number of hydrogen-bond acceptors (Lipinski definition) is 3. The zero-order valence-electron chi connectivity index (χ0n) is 12.7. The van der Waals surface area contributed by atoms with Gasteiger partial charge in [-0.3, -0.25) is 9.69 Å². The van der Waals surface area contributed by atoms with Crippen LogP contribution in [0.1, 0.15) is 39.5 Å². The van der Waals surface area contributed by atoms with E-state index in [1.165, 1.54) is 25.8 Å². The average Bonchev–Trinajstić information content (AvgIpc) is 2.85. The van der Waals surface area contributed by atoms with E-state index in [2.05, 4.69) is 24.1 Å². The van der Waals surface area contributed by atoms with E-state index in [9.17, 15) is 4.79 Å². The highest BCUT2D eigenvalue weighted by Crippen LogP contribution is 2.19. The van der Waals surface area contributed by atoms with Crippen LogP contribution in [-0.4, -0.2) is 61.0 Å². The Balaban J connectivity index is 1.84. The van der Waals surface area contributed by atoms with Gasteiger partial charge in [0.15, 0.2) is 0 Å². The van der Waals surface area contributed by atoms with Gasteiger partial charge in [-0.1, -0.05) is 13.8 Å². The summed E-state index contributed by atoms with van der Waals surface area (Å²) in [5.41, 5.74) is 0. The van der Waals surface area contributed by atoms with Gasteiger partial charge < -0.3 is 10.2 Å². The maximum absolute atomic E-state index is 12.5. The predicted octanol–water partition coefficient (Wildman–Crippen LogP) is 1.32. The predicted molar refractivity (Wildman–Crippen MR) is 78.1 cm³/mol. The van der Waals surface area contributed by atoms with Crippen molar-refractivity contribution < 1.29 is 4.79 Å². The van der Waals surface area contributed by atoms with Crippen LogP contribution in [0, 0.1) is 5.92 Å². The fraction of sp³-hybridized carbons (Fsp3) is 0.933. The highest BCUT2D eigenvalue weighted by Gasteiger charge is 2.30. The van der Waals surface area contributed by atoms with Crippen LogP contribution in [0.2, 0.25) is 0 Å². The van der Waals surface area contributed by atoms with Gasteiger partial charge in [-0.25, -0.2) is 0 Å². The maximum Gasteiger partial charge on any atom is 0.239 e. The van der Waals surface area contributed by atoms with Gasteiger partial charge in [0.25, 0.3) is 0 Å². The van der Waals surface area contributed by atoms with Gasteiger partial charge in [0, 0.05) is 19.6 Å². The molecule has 0 aromatic rings. The molecule has 3 atom stereocenters. The second-order valence-electron chi connectivity index (χ2n) is 6.28. The molecule has 0 aromatic heterocycles. The lowest BCUT2D eigenvalue weighted by molar-refractivity contribution is -0.133. The summed E-state index contributed by atoms with van der Waals surface area (Å²) < 4.78 is 0. The van der Waals surface area contributed by atoms with Crippen molar-refractivity contribution in [2.45, 2.75) is 51.6 Å². The minimum absolute atomic E-state index is 0.0465. The Hall–Kier alpha value is -0.610. The summed E-state index contributed by atoms with van der Waals surface area (Å²) in [4.78, 5) is 16.9. The number of nitrogens with zero attached hydrogens (tertiary/aromatic N) is 2. The number of likely N-dealkylation sites (tertiary alicyclic amines) is 1. The molecule has 2 rings (SSSR count). The van der Waals surface area contributed by atoms with E-state index in [-0.39, 0.29) is 11.9 Å². The van der Waals surface area contributed by atoms with Crippen molar-refractivity contribution in [3.05, 3.63) is 0 Å². The maximum atomic E-state index is 12.5. The number of carbonyl (C=O) groups excluding carboxylic acids is 1. The fourth-order valence-electron chi connectivity index (χ4n) is 3.49. The third-order valence-electron chi connectivity index (χ3n) is 4.73. The molecular formula is C15H29N3O. The molecular weight excluding hydrogens is 238 g/mol. The zero-order chi connectivity index (χ0) is 13.8. The molecule has 19 heavy (non-hydrogen) atoms. The summed E-state index contributed by atoms with van der Waals surface area (Å²) in [5.74, 6) is 0.955. The highest BCUT2D eigenvalue weighted by molar-refractivity contribution is 5.81. The monoisotopic (exact) mass is 267 g/mol. The van der Waals surface area contributed by atoms with Gasteiger partial charge in [0.2, 0.25) is 5.91 Å². The SMILES string of the molecule is CCN1CCCC1CN(C)C(=O)C1CC(C)CCN1. The quantitative estimate of drug-likeness (QED) is 0.834. The first-order chi connectivity index (χ1) is 9.11. The van der Waals surface area contributed by atoms with Crippen LogP contribution in [0.3, 0.4) is 0 Å². The standard InChI is InChI=1S/C15H29N3O/c1-4-18-9-5-6-13(18)11-17(3)15(19)14-10-12(2)7-8-16-14/h12-14,16H,4-11H2,1-3H3. The Bertz CT molecular complexity index is 308. The first-order valence-corrected chi connectivity index (χ1v) is 7.84. The van der Waals surface area contributed by atoms with Gasteiger partial charge in [0.1, 0.15) is 0 Å². The number of hydrogen-bond donors (Lipinski definition) is 1. The molecule has 2 fully saturated rings. The molecule has 4 heteroatoms. The van der Waals surface area contributed by atoms with E-state index >= 15 is 0 Å². The van der Waals surface area contributed by atoms with Crippen molar-refractivity contribution >= 4 is 5.91 Å². The molecule has 0 aromatic carbocycles. The molecule has 0 radical (unpaired) electrons. The molecule has 0 saturated carbocycles. The van der Waals surface area contributed by atoms with Crippen molar-refractivity contribution in [1.29, 1.82) is 0 Å². The smallest absolute Gasteiger partial charge is 0.239 e. The largest absolute Gasteiger partial charge is 0.343 e. The van der Waals surface area contributed by atoms with E-state index < -0.39 is 0 Å². The highest BCUT2D eigenvalue weighted by atomic mass is 16.2. The summed E-state index contributed by atoms with van der Waals surface area (Å²) in [6.45, 7) is 8.63. The Labute approximate surface area is 117 Å². The van der Waals surface area contributed by atoms with Crippen LogP contribution in [0.5, 0.6) is 0 Å². The van der Waals surface area contributed by atoms with Crippen LogP contribution < -0.4 is 5.32 Å². The molecule has 110 valence electrons. The van der Waals surface area contributed by atoms with E-state index in [0.717, 1.165) is 26.1 Å². The summed E-state index contributed by atoms with van der Waals surface area (Å²) in [5, 5.41) is 3.38. The minimum Gasteiger partial charge on any atom is -0.343 e. The number of amides is 1. The molecule has 2 aliphatic heterocycles. The molecule has 2 aliphatic rings. The lowest BCUT2D eigenvalue weighted by Crippen LogP contribution is -2.51. The van der Waals surface area contributed by atoms with E-state index in [4.69, 9.17) is 0 Å². The number of rotatable bonds is 4. The first kappa shape index (κ1) is 14.8. The first-order valence-electron chi connectivity index (χ1n) is 7.84. The number of nitrogens with one attached hydrogen (secondary N) is 1. The molecule has 1 N–H and O–H groups in total. The van der Waals surface area contributed by atoms with Gasteiger partial charge >= 0.3 is 0 Å². The molecule has 0 spiro atoms. The van der Waals surface area contributed by atoms with Crippen molar-refractivity contribution in [3.63, 3.8) is 0 Å². The van der Waals surface area contributed by atoms with Gasteiger partial charge in [-0.2, -0.15) is 0 Å². The Morgan fingerprint density at radius 1 is 1.42 bits per heavy atom. The molecule has 0 aliphatic carbocycles. The van der Waals surface area contributed by atoms with Gasteiger partial charge in [0.05, 0.1) is 6.04 Å². The van der Waals surface area contributed by atoms with Crippen LogP contribution >= 0.6 is 0 Å². The molecule has 0 bridgehead atoms. The van der Waals surface area contributed by atoms with Crippen molar-refractivity contribution in [2.24, 2.45) is 5.92 Å². The molecule has 2 heterocycles. The number of carbonyl (C=O) groups is 1. The van der Waals surface area contributed by atoms with Crippen LogP contribution in [0.15, 0.2) is 0 Å². The summed E-state index contributed by atoms with van der Waals surface area (Å²) in [6.07, 6.45) is 4.70. The minimum atomic E-state index is 0.0465. The topological polar surface area (TPSA) is 35.6 Å². The lowest BCUT2D eigenvalue weighted by Gasteiger charge is -2.33. The van der Waals surface area contributed by atoms with E-state index in [1.54, 1.807) is 0 Å². The molecule has 4 nitrogen and oxygen atoms in total. The van der Waals surface area contributed by atoms with E-state index in [0.29, 0.717) is 12.0 Å². The van der Waals surface area contributed by atoms with Crippen molar-refractivity contribution in [1.82, 2.24) is 15.1 Å². The summed E-state index contributed by atoms with van der Waals surface area (Å²) >= 11 is 0.